The van der Waals surface area contributed by atoms with Crippen molar-refractivity contribution < 1.29 is 36.3 Å². The van der Waals surface area contributed by atoms with E-state index in [4.69, 9.17) is 0 Å². The first kappa shape index (κ1) is 24.3. The number of carbonyl (C=O) groups excluding carboxylic acids is 2. The molecule has 0 N–H and O–H groups in total. The lowest BCUT2D eigenvalue weighted by atomic mass is 9.88. The van der Waals surface area contributed by atoms with Crippen molar-refractivity contribution in [2.75, 3.05) is 0 Å². The van der Waals surface area contributed by atoms with Crippen LogP contribution in [0, 0.1) is 35.0 Å². The second kappa shape index (κ2) is 12.0. The summed E-state index contributed by atoms with van der Waals surface area (Å²) < 4.78 is 71.0. The number of ketones is 1. The van der Waals surface area contributed by atoms with E-state index >= 15 is 0 Å². The number of Topliss-reactive ketones (excluding diaryl/α,β-unsaturated/α-hetero) is 1. The molecule has 8 heteroatoms. The molecular formula is C22H27F5O3. The number of benzene rings is 1. The summed E-state index contributed by atoms with van der Waals surface area (Å²) in [6, 6.07) is 0. The van der Waals surface area contributed by atoms with Crippen LogP contribution >= 0.6 is 0 Å². The number of hydrogen-bond donors (Lipinski definition) is 0. The average Bonchev–Trinajstić information content (AvgIpc) is 2.72. The highest BCUT2D eigenvalue weighted by Crippen LogP contribution is 2.30. The van der Waals surface area contributed by atoms with Crippen LogP contribution in [0.4, 0.5) is 22.0 Å². The van der Waals surface area contributed by atoms with Crippen LogP contribution in [0.5, 0.6) is 5.75 Å². The molecule has 1 fully saturated rings. The molecule has 0 spiro atoms. The first-order valence-electron chi connectivity index (χ1n) is 10.6. The van der Waals surface area contributed by atoms with Crippen LogP contribution in [0.1, 0.15) is 83.5 Å². The number of hydrogen-bond acceptors (Lipinski definition) is 3. The van der Waals surface area contributed by atoms with Crippen LogP contribution in [0.25, 0.3) is 0 Å². The van der Waals surface area contributed by atoms with Gasteiger partial charge in [0.25, 0.3) is 0 Å². The predicted octanol–water partition coefficient (Wildman–Crippen LogP) is 6.56. The van der Waals surface area contributed by atoms with Gasteiger partial charge in [-0.15, -0.1) is 0 Å². The molecule has 0 aliphatic heterocycles. The minimum absolute atomic E-state index is 0.138. The van der Waals surface area contributed by atoms with Crippen molar-refractivity contribution in [3.05, 3.63) is 29.1 Å². The highest BCUT2D eigenvalue weighted by molar-refractivity contribution is 5.85. The molecule has 0 unspecified atom stereocenters. The molecule has 0 aromatic heterocycles. The first-order chi connectivity index (χ1) is 14.3. The third-order valence-electron chi connectivity index (χ3n) is 5.52. The number of carbonyl (C=O) groups is 2. The maximum atomic E-state index is 13.6. The van der Waals surface area contributed by atoms with Gasteiger partial charge in [-0.2, -0.15) is 8.78 Å². The predicted molar refractivity (Wildman–Crippen MR) is 100 cm³/mol. The van der Waals surface area contributed by atoms with E-state index in [2.05, 4.69) is 4.74 Å². The summed E-state index contributed by atoms with van der Waals surface area (Å²) in [4.78, 5) is 24.4. The summed E-state index contributed by atoms with van der Waals surface area (Å²) in [5.74, 6) is -14.3. The highest BCUT2D eigenvalue weighted by Gasteiger charge is 2.29. The Bertz CT molecular complexity index is 710. The molecule has 1 saturated carbocycles. The maximum Gasteiger partial charge on any atom is 0.311 e. The largest absolute Gasteiger partial charge is 0.420 e. The second-order valence-corrected chi connectivity index (χ2v) is 7.80. The van der Waals surface area contributed by atoms with Crippen molar-refractivity contribution in [1.82, 2.24) is 0 Å². The van der Waals surface area contributed by atoms with Crippen molar-refractivity contribution in [3.63, 3.8) is 0 Å². The van der Waals surface area contributed by atoms with Crippen LogP contribution in [0.2, 0.25) is 0 Å². The molecular weight excluding hydrogens is 407 g/mol. The number of halogens is 5. The smallest absolute Gasteiger partial charge is 0.311 e. The van der Waals surface area contributed by atoms with Crippen molar-refractivity contribution in [2.45, 2.75) is 83.5 Å². The molecule has 1 aromatic rings. The van der Waals surface area contributed by atoms with E-state index in [-0.39, 0.29) is 18.1 Å². The normalized spacial score (nSPS) is 17.1. The zero-order chi connectivity index (χ0) is 22.1. The monoisotopic (exact) mass is 434 g/mol. The van der Waals surface area contributed by atoms with E-state index in [0.29, 0.717) is 0 Å². The van der Waals surface area contributed by atoms with Crippen LogP contribution in [0.3, 0.4) is 0 Å². The van der Waals surface area contributed by atoms with E-state index in [1.54, 1.807) is 0 Å². The number of esters is 1. The Hall–Kier alpha value is -1.99. The average molecular weight is 434 g/mol. The SMILES string of the molecule is O=C(CCC(=O)C1CCCCCCCCCCC1)Oc1c(F)c(F)c(F)c(F)c1F. The summed E-state index contributed by atoms with van der Waals surface area (Å²) >= 11 is 0. The van der Waals surface area contributed by atoms with Gasteiger partial charge in [-0.25, -0.2) is 13.2 Å². The molecule has 0 saturated heterocycles. The molecule has 1 aromatic carbocycles. The fraction of sp³-hybridized carbons (Fsp3) is 0.636. The van der Waals surface area contributed by atoms with Gasteiger partial charge in [0.2, 0.25) is 34.8 Å². The Balaban J connectivity index is 1.92. The van der Waals surface area contributed by atoms with E-state index < -0.39 is 47.2 Å². The van der Waals surface area contributed by atoms with Gasteiger partial charge in [-0.05, 0) is 12.8 Å². The standard InChI is InChI=1S/C22H27F5O3/c23-17-18(24)20(26)22(21(27)19(17)25)30-16(29)13-12-15(28)14-10-8-6-4-2-1-3-5-7-9-11-14/h14H,1-13H2. The molecule has 2 rings (SSSR count). The molecule has 30 heavy (non-hydrogen) atoms. The quantitative estimate of drug-likeness (QED) is 0.173. The first-order valence-corrected chi connectivity index (χ1v) is 10.6. The summed E-state index contributed by atoms with van der Waals surface area (Å²) in [5, 5.41) is 0. The van der Waals surface area contributed by atoms with Gasteiger partial charge in [-0.3, -0.25) is 9.59 Å². The Morgan fingerprint density at radius 3 is 1.50 bits per heavy atom. The minimum Gasteiger partial charge on any atom is -0.420 e. The molecule has 1 aliphatic rings. The van der Waals surface area contributed by atoms with Crippen molar-refractivity contribution >= 4 is 11.8 Å². The van der Waals surface area contributed by atoms with E-state index in [1.165, 1.54) is 19.3 Å². The zero-order valence-electron chi connectivity index (χ0n) is 16.9. The van der Waals surface area contributed by atoms with Gasteiger partial charge < -0.3 is 4.74 Å². The zero-order valence-corrected chi connectivity index (χ0v) is 16.9. The van der Waals surface area contributed by atoms with Gasteiger partial charge in [0.05, 0.1) is 6.42 Å². The van der Waals surface area contributed by atoms with Crippen LogP contribution < -0.4 is 4.74 Å². The molecule has 1 aliphatic carbocycles. The van der Waals surface area contributed by atoms with Gasteiger partial charge in [-0.1, -0.05) is 57.8 Å². The molecule has 0 amide bonds. The Kier molecular flexibility index (Phi) is 9.72. The summed E-state index contributed by atoms with van der Waals surface area (Å²) in [6.45, 7) is 0. The molecule has 3 nitrogen and oxygen atoms in total. The topological polar surface area (TPSA) is 43.4 Å². The second-order valence-electron chi connectivity index (χ2n) is 7.80. The fourth-order valence-electron chi connectivity index (χ4n) is 3.75. The Labute approximate surface area is 173 Å². The highest BCUT2D eigenvalue weighted by atomic mass is 19.2. The van der Waals surface area contributed by atoms with Gasteiger partial charge >= 0.3 is 5.97 Å². The number of ether oxygens (including phenoxy) is 1. The van der Waals surface area contributed by atoms with Gasteiger partial charge in [0.1, 0.15) is 5.78 Å². The lowest BCUT2D eigenvalue weighted by Gasteiger charge is -2.17. The molecule has 0 heterocycles. The molecule has 0 bridgehead atoms. The van der Waals surface area contributed by atoms with Crippen molar-refractivity contribution in [1.29, 1.82) is 0 Å². The van der Waals surface area contributed by atoms with Gasteiger partial charge in [0.15, 0.2) is 0 Å². The van der Waals surface area contributed by atoms with Crippen LogP contribution in [-0.2, 0) is 9.59 Å². The Morgan fingerprint density at radius 2 is 1.03 bits per heavy atom. The van der Waals surface area contributed by atoms with Crippen LogP contribution in [0.15, 0.2) is 0 Å². The molecule has 0 atom stereocenters. The maximum absolute atomic E-state index is 13.6. The third kappa shape index (κ3) is 6.77. The van der Waals surface area contributed by atoms with E-state index in [0.717, 1.165) is 51.4 Å². The van der Waals surface area contributed by atoms with E-state index in [9.17, 15) is 31.5 Å². The molecule has 168 valence electrons. The Morgan fingerprint density at radius 1 is 0.633 bits per heavy atom. The van der Waals surface area contributed by atoms with Crippen molar-refractivity contribution in [2.24, 2.45) is 5.92 Å². The van der Waals surface area contributed by atoms with Crippen molar-refractivity contribution in [3.8, 4) is 5.75 Å². The van der Waals surface area contributed by atoms with Crippen LogP contribution in [-0.4, -0.2) is 11.8 Å². The fourth-order valence-corrected chi connectivity index (χ4v) is 3.75. The summed E-state index contributed by atoms with van der Waals surface area (Å²) in [6.07, 6.45) is 10.6. The molecule has 0 radical (unpaired) electrons. The lowest BCUT2D eigenvalue weighted by molar-refractivity contribution is -0.137. The number of rotatable bonds is 5. The lowest BCUT2D eigenvalue weighted by Crippen LogP contribution is -2.19. The third-order valence-corrected chi connectivity index (χ3v) is 5.52. The van der Waals surface area contributed by atoms with E-state index in [1.807, 2.05) is 0 Å². The summed E-state index contributed by atoms with van der Waals surface area (Å²) in [7, 11) is 0. The summed E-state index contributed by atoms with van der Waals surface area (Å²) in [5.41, 5.74) is 0. The van der Waals surface area contributed by atoms with Gasteiger partial charge in [0, 0.05) is 12.3 Å². The minimum atomic E-state index is -2.33.